The van der Waals surface area contributed by atoms with Crippen molar-refractivity contribution >= 4 is 29.2 Å². The third-order valence-electron chi connectivity index (χ3n) is 3.06. The van der Waals surface area contributed by atoms with Gasteiger partial charge in [0.15, 0.2) is 0 Å². The molecule has 2 N–H and O–H groups in total. The molecule has 0 atom stereocenters. The molecule has 140 valence electrons. The summed E-state index contributed by atoms with van der Waals surface area (Å²) in [5, 5.41) is 14.8. The standard InChI is InChI=1S/C13H21N3O2S.C2H2O4/c1-10(2)17-7-8-18-13-12(14-19-15-13)11-5-4-6-16(3)9-11;3-1(4)2(5)6/h5,10H,4,6-9H2,1-3H3;(H,3,4)(H,5,6). The molecular weight excluding hydrogens is 350 g/mol. The van der Waals surface area contributed by atoms with Gasteiger partial charge in [-0.3, -0.25) is 0 Å². The molecule has 0 spiro atoms. The zero-order valence-corrected chi connectivity index (χ0v) is 15.3. The molecule has 1 aromatic heterocycles. The molecule has 2 rings (SSSR count). The van der Waals surface area contributed by atoms with Gasteiger partial charge in [-0.15, -0.1) is 4.37 Å². The molecule has 10 heteroatoms. The number of likely N-dealkylation sites (N-methyl/N-ethyl adjacent to an activating group) is 1. The van der Waals surface area contributed by atoms with E-state index in [1.54, 1.807) is 0 Å². The van der Waals surface area contributed by atoms with Crippen LogP contribution in [0.1, 0.15) is 26.0 Å². The van der Waals surface area contributed by atoms with Crippen LogP contribution >= 0.6 is 11.7 Å². The first-order valence-corrected chi connectivity index (χ1v) is 8.45. The number of rotatable bonds is 6. The van der Waals surface area contributed by atoms with E-state index in [-0.39, 0.29) is 6.10 Å². The average Bonchev–Trinajstić information content (AvgIpc) is 3.00. The van der Waals surface area contributed by atoms with Crippen molar-refractivity contribution in [1.82, 2.24) is 13.6 Å². The minimum atomic E-state index is -1.82. The van der Waals surface area contributed by atoms with Crippen LogP contribution in [0.2, 0.25) is 0 Å². The largest absolute Gasteiger partial charge is 0.473 e. The molecule has 1 aliphatic rings. The number of carbonyl (C=O) groups is 2. The SMILES string of the molecule is CC(C)OCCOc1nsnc1C1=CCCN(C)C1.O=C(O)C(=O)O. The van der Waals surface area contributed by atoms with Gasteiger partial charge in [0.2, 0.25) is 0 Å². The number of hydrogen-bond acceptors (Lipinski definition) is 8. The molecule has 0 saturated heterocycles. The maximum Gasteiger partial charge on any atom is 0.414 e. The monoisotopic (exact) mass is 373 g/mol. The fraction of sp³-hybridized carbons (Fsp3) is 0.600. The maximum absolute atomic E-state index is 9.10. The normalized spacial score (nSPS) is 14.5. The second-order valence-corrected chi connectivity index (χ2v) is 6.08. The predicted octanol–water partition coefficient (Wildman–Crippen LogP) is 1.22. The first-order valence-electron chi connectivity index (χ1n) is 7.72. The smallest absolute Gasteiger partial charge is 0.414 e. The van der Waals surface area contributed by atoms with Gasteiger partial charge in [-0.1, -0.05) is 6.08 Å². The van der Waals surface area contributed by atoms with E-state index < -0.39 is 11.9 Å². The van der Waals surface area contributed by atoms with Crippen molar-refractivity contribution in [1.29, 1.82) is 0 Å². The van der Waals surface area contributed by atoms with Crippen LogP contribution in [0.25, 0.3) is 5.57 Å². The summed E-state index contributed by atoms with van der Waals surface area (Å²) in [6.45, 7) is 7.12. The van der Waals surface area contributed by atoms with Gasteiger partial charge in [0.25, 0.3) is 5.88 Å². The van der Waals surface area contributed by atoms with Crippen molar-refractivity contribution < 1.29 is 29.3 Å². The van der Waals surface area contributed by atoms with E-state index in [4.69, 9.17) is 29.3 Å². The molecule has 0 radical (unpaired) electrons. The molecule has 0 saturated carbocycles. The van der Waals surface area contributed by atoms with Gasteiger partial charge >= 0.3 is 11.9 Å². The van der Waals surface area contributed by atoms with Gasteiger partial charge in [0, 0.05) is 13.1 Å². The van der Waals surface area contributed by atoms with E-state index in [0.717, 1.165) is 25.2 Å². The van der Waals surface area contributed by atoms with Crippen LogP contribution < -0.4 is 4.74 Å². The molecular formula is C15H23N3O6S. The minimum Gasteiger partial charge on any atom is -0.473 e. The number of hydrogen-bond donors (Lipinski definition) is 2. The summed E-state index contributed by atoms with van der Waals surface area (Å²) in [7, 11) is 2.11. The first-order chi connectivity index (χ1) is 11.8. The fourth-order valence-corrected chi connectivity index (χ4v) is 2.49. The van der Waals surface area contributed by atoms with Gasteiger partial charge in [-0.25, -0.2) is 9.59 Å². The molecule has 9 nitrogen and oxygen atoms in total. The molecule has 0 unspecified atom stereocenters. The summed E-state index contributed by atoms with van der Waals surface area (Å²) in [4.78, 5) is 20.5. The third kappa shape index (κ3) is 8.05. The lowest BCUT2D eigenvalue weighted by molar-refractivity contribution is -0.159. The van der Waals surface area contributed by atoms with Crippen molar-refractivity contribution in [3.05, 3.63) is 11.8 Å². The van der Waals surface area contributed by atoms with E-state index in [1.807, 2.05) is 13.8 Å². The molecule has 0 aliphatic carbocycles. The number of ether oxygens (including phenoxy) is 2. The van der Waals surface area contributed by atoms with Gasteiger partial charge < -0.3 is 24.6 Å². The van der Waals surface area contributed by atoms with Crippen LogP contribution in [-0.4, -0.2) is 75.3 Å². The number of nitrogens with zero attached hydrogens (tertiary/aromatic N) is 3. The Morgan fingerprint density at radius 1 is 1.28 bits per heavy atom. The van der Waals surface area contributed by atoms with Crippen LogP contribution in [0.15, 0.2) is 6.08 Å². The summed E-state index contributed by atoms with van der Waals surface area (Å²) < 4.78 is 19.7. The molecule has 25 heavy (non-hydrogen) atoms. The average molecular weight is 373 g/mol. The number of aliphatic carboxylic acids is 2. The van der Waals surface area contributed by atoms with Crippen molar-refractivity contribution in [2.45, 2.75) is 26.4 Å². The van der Waals surface area contributed by atoms with E-state index in [0.29, 0.717) is 19.1 Å². The number of aromatic nitrogens is 2. The lowest BCUT2D eigenvalue weighted by Crippen LogP contribution is -2.25. The Kier molecular flexibility index (Phi) is 9.03. The van der Waals surface area contributed by atoms with Crippen molar-refractivity contribution in [3.63, 3.8) is 0 Å². The molecule has 2 heterocycles. The van der Waals surface area contributed by atoms with Crippen LogP contribution in [0.5, 0.6) is 5.88 Å². The van der Waals surface area contributed by atoms with Gasteiger partial charge in [-0.05, 0) is 32.9 Å². The fourth-order valence-electron chi connectivity index (χ4n) is 1.96. The molecule has 0 bridgehead atoms. The molecule has 0 amide bonds. The highest BCUT2D eigenvalue weighted by atomic mass is 32.1. The zero-order valence-electron chi connectivity index (χ0n) is 14.5. The van der Waals surface area contributed by atoms with Crippen molar-refractivity contribution in [2.75, 3.05) is 33.4 Å². The van der Waals surface area contributed by atoms with E-state index >= 15 is 0 Å². The Balaban J connectivity index is 0.000000450. The Labute approximate surface area is 150 Å². The molecule has 0 fully saturated rings. The summed E-state index contributed by atoms with van der Waals surface area (Å²) in [5.41, 5.74) is 2.10. The highest BCUT2D eigenvalue weighted by Gasteiger charge is 2.18. The van der Waals surface area contributed by atoms with E-state index in [2.05, 4.69) is 26.8 Å². The van der Waals surface area contributed by atoms with Crippen molar-refractivity contribution in [2.24, 2.45) is 0 Å². The van der Waals surface area contributed by atoms with Gasteiger partial charge in [-0.2, -0.15) is 4.37 Å². The van der Waals surface area contributed by atoms with Gasteiger partial charge in [0.05, 0.1) is 24.4 Å². The van der Waals surface area contributed by atoms with Crippen LogP contribution in [0, 0.1) is 0 Å². The van der Waals surface area contributed by atoms with E-state index in [9.17, 15) is 0 Å². The van der Waals surface area contributed by atoms with Crippen molar-refractivity contribution in [3.8, 4) is 5.88 Å². The highest BCUT2D eigenvalue weighted by Crippen LogP contribution is 2.26. The first kappa shape index (κ1) is 21.0. The predicted molar refractivity (Wildman–Crippen MR) is 91.9 cm³/mol. The number of carboxylic acids is 2. The lowest BCUT2D eigenvalue weighted by Gasteiger charge is -2.22. The Bertz CT molecular complexity index is 590. The second-order valence-electron chi connectivity index (χ2n) is 5.55. The van der Waals surface area contributed by atoms with Crippen LogP contribution in [-0.2, 0) is 14.3 Å². The van der Waals surface area contributed by atoms with Crippen LogP contribution in [0.4, 0.5) is 0 Å². The number of carboxylic acid groups (broad SMARTS) is 2. The Hall–Kier alpha value is -2.04. The summed E-state index contributed by atoms with van der Waals surface area (Å²) >= 11 is 1.20. The summed E-state index contributed by atoms with van der Waals surface area (Å²) in [5.74, 6) is -3.01. The lowest BCUT2D eigenvalue weighted by atomic mass is 10.1. The highest BCUT2D eigenvalue weighted by molar-refractivity contribution is 6.99. The van der Waals surface area contributed by atoms with Crippen LogP contribution in [0.3, 0.4) is 0 Å². The van der Waals surface area contributed by atoms with Gasteiger partial charge in [0.1, 0.15) is 12.3 Å². The molecule has 0 aromatic carbocycles. The molecule has 1 aliphatic heterocycles. The topological polar surface area (TPSA) is 122 Å². The quantitative estimate of drug-likeness (QED) is 0.559. The second kappa shape index (κ2) is 10.7. The minimum absolute atomic E-state index is 0.228. The third-order valence-corrected chi connectivity index (χ3v) is 3.57. The summed E-state index contributed by atoms with van der Waals surface area (Å²) in [6, 6.07) is 0. The Morgan fingerprint density at radius 2 is 1.96 bits per heavy atom. The summed E-state index contributed by atoms with van der Waals surface area (Å²) in [6.07, 6.45) is 3.51. The van der Waals surface area contributed by atoms with E-state index in [1.165, 1.54) is 17.3 Å². The Morgan fingerprint density at radius 3 is 2.52 bits per heavy atom. The zero-order chi connectivity index (χ0) is 18.8. The molecule has 1 aromatic rings. The maximum atomic E-state index is 9.10.